The van der Waals surface area contributed by atoms with Gasteiger partial charge in [0, 0.05) is 6.42 Å². The average molecular weight is 296 g/mol. The molecule has 2 heteroatoms. The summed E-state index contributed by atoms with van der Waals surface area (Å²) < 4.78 is 6.08. The second-order valence-electron chi connectivity index (χ2n) is 5.54. The van der Waals surface area contributed by atoms with E-state index < -0.39 is 0 Å². The minimum absolute atomic E-state index is 0.209. The van der Waals surface area contributed by atoms with Crippen LogP contribution in [0, 0.1) is 0 Å². The Morgan fingerprint density at radius 1 is 0.864 bits per heavy atom. The van der Waals surface area contributed by atoms with Crippen molar-refractivity contribution in [1.29, 1.82) is 0 Å². The van der Waals surface area contributed by atoms with Gasteiger partial charge in [0.15, 0.2) is 0 Å². The zero-order valence-corrected chi connectivity index (χ0v) is 13.0. The highest BCUT2D eigenvalue weighted by Crippen LogP contribution is 2.15. The first-order valence-corrected chi connectivity index (χ1v) is 8.01. The van der Waals surface area contributed by atoms with Gasteiger partial charge in [-0.3, -0.25) is 0 Å². The molecule has 0 heterocycles. The van der Waals surface area contributed by atoms with Crippen molar-refractivity contribution in [2.75, 3.05) is 0 Å². The highest BCUT2D eigenvalue weighted by Gasteiger charge is 2.10. The van der Waals surface area contributed by atoms with Crippen LogP contribution in [-0.4, -0.2) is 12.4 Å². The second-order valence-corrected chi connectivity index (χ2v) is 5.54. The Hall–Kier alpha value is -1.93. The Morgan fingerprint density at radius 3 is 2.14 bits per heavy atom. The Labute approximate surface area is 133 Å². The molecule has 0 aromatic heterocycles. The van der Waals surface area contributed by atoms with Crippen LogP contribution in [0.1, 0.15) is 36.8 Å². The van der Waals surface area contributed by atoms with Crippen LogP contribution in [0.2, 0.25) is 0 Å². The van der Waals surface area contributed by atoms with E-state index in [1.165, 1.54) is 11.1 Å². The SMILES string of the molecule is O=CCCCC(CCc1ccccc1)OCc1ccccc1. The molecular formula is C20H24O2. The zero-order chi connectivity index (χ0) is 15.5. The van der Waals surface area contributed by atoms with Gasteiger partial charge in [0.1, 0.15) is 6.29 Å². The topological polar surface area (TPSA) is 26.3 Å². The van der Waals surface area contributed by atoms with Gasteiger partial charge in [-0.1, -0.05) is 60.7 Å². The Balaban J connectivity index is 1.83. The summed E-state index contributed by atoms with van der Waals surface area (Å²) in [7, 11) is 0. The van der Waals surface area contributed by atoms with E-state index in [1.807, 2.05) is 24.3 Å². The van der Waals surface area contributed by atoms with Gasteiger partial charge in [0.05, 0.1) is 12.7 Å². The van der Waals surface area contributed by atoms with E-state index in [9.17, 15) is 4.79 Å². The zero-order valence-electron chi connectivity index (χ0n) is 13.0. The van der Waals surface area contributed by atoms with Crippen molar-refractivity contribution >= 4 is 6.29 Å². The maximum Gasteiger partial charge on any atom is 0.119 e. The summed E-state index contributed by atoms with van der Waals surface area (Å²) in [4.78, 5) is 10.5. The lowest BCUT2D eigenvalue weighted by atomic mass is 10.0. The predicted molar refractivity (Wildman–Crippen MR) is 89.7 cm³/mol. The lowest BCUT2D eigenvalue weighted by Crippen LogP contribution is -2.14. The summed E-state index contributed by atoms with van der Waals surface area (Å²) in [5.74, 6) is 0. The summed E-state index contributed by atoms with van der Waals surface area (Å²) >= 11 is 0. The molecule has 2 aromatic rings. The molecule has 2 aromatic carbocycles. The molecule has 0 aliphatic rings. The fourth-order valence-corrected chi connectivity index (χ4v) is 2.50. The molecule has 0 saturated heterocycles. The largest absolute Gasteiger partial charge is 0.374 e. The number of rotatable bonds is 10. The summed E-state index contributed by atoms with van der Waals surface area (Å²) in [5, 5.41) is 0. The number of hydrogen-bond acceptors (Lipinski definition) is 2. The molecule has 0 radical (unpaired) electrons. The number of ether oxygens (including phenoxy) is 1. The number of unbranched alkanes of at least 4 members (excludes halogenated alkanes) is 1. The third-order valence-corrected chi connectivity index (χ3v) is 3.77. The lowest BCUT2D eigenvalue weighted by Gasteiger charge is -2.18. The maximum atomic E-state index is 10.5. The van der Waals surface area contributed by atoms with E-state index in [2.05, 4.69) is 36.4 Å². The monoisotopic (exact) mass is 296 g/mol. The summed E-state index contributed by atoms with van der Waals surface area (Å²) in [6, 6.07) is 20.7. The van der Waals surface area contributed by atoms with Crippen LogP contribution in [0.5, 0.6) is 0 Å². The van der Waals surface area contributed by atoms with E-state index in [0.29, 0.717) is 13.0 Å². The molecule has 2 nitrogen and oxygen atoms in total. The minimum atomic E-state index is 0.209. The van der Waals surface area contributed by atoms with Crippen molar-refractivity contribution in [3.8, 4) is 0 Å². The van der Waals surface area contributed by atoms with Crippen molar-refractivity contribution in [2.24, 2.45) is 0 Å². The van der Waals surface area contributed by atoms with Crippen LogP contribution in [0.4, 0.5) is 0 Å². The van der Waals surface area contributed by atoms with Crippen molar-refractivity contribution in [1.82, 2.24) is 0 Å². The number of carbonyl (C=O) groups is 1. The molecule has 116 valence electrons. The molecule has 1 atom stereocenters. The predicted octanol–water partition coefficient (Wildman–Crippen LogP) is 4.57. The first-order chi connectivity index (χ1) is 10.9. The molecule has 2 rings (SSSR count). The van der Waals surface area contributed by atoms with E-state index >= 15 is 0 Å². The molecule has 0 N–H and O–H groups in total. The molecule has 0 saturated carbocycles. The lowest BCUT2D eigenvalue weighted by molar-refractivity contribution is -0.108. The van der Waals surface area contributed by atoms with Gasteiger partial charge in [-0.25, -0.2) is 0 Å². The third kappa shape index (κ3) is 6.23. The van der Waals surface area contributed by atoms with E-state index in [-0.39, 0.29) is 6.10 Å². The van der Waals surface area contributed by atoms with Gasteiger partial charge >= 0.3 is 0 Å². The van der Waals surface area contributed by atoms with Gasteiger partial charge < -0.3 is 9.53 Å². The fourth-order valence-electron chi connectivity index (χ4n) is 2.50. The summed E-state index contributed by atoms with van der Waals surface area (Å²) in [6.07, 6.45) is 5.68. The van der Waals surface area contributed by atoms with E-state index in [0.717, 1.165) is 32.0 Å². The van der Waals surface area contributed by atoms with Crippen molar-refractivity contribution in [2.45, 2.75) is 44.8 Å². The van der Waals surface area contributed by atoms with Crippen molar-refractivity contribution in [3.63, 3.8) is 0 Å². The van der Waals surface area contributed by atoms with Gasteiger partial charge in [-0.15, -0.1) is 0 Å². The van der Waals surface area contributed by atoms with Crippen LogP contribution < -0.4 is 0 Å². The normalized spacial score (nSPS) is 12.0. The van der Waals surface area contributed by atoms with Crippen LogP contribution in [0.15, 0.2) is 60.7 Å². The molecule has 22 heavy (non-hydrogen) atoms. The second kappa shape index (κ2) is 9.91. The van der Waals surface area contributed by atoms with Crippen LogP contribution in [-0.2, 0) is 22.6 Å². The quantitative estimate of drug-likeness (QED) is 0.474. The number of benzene rings is 2. The molecular weight excluding hydrogens is 272 g/mol. The molecule has 0 aliphatic heterocycles. The van der Waals surface area contributed by atoms with Gasteiger partial charge in [-0.05, 0) is 36.8 Å². The smallest absolute Gasteiger partial charge is 0.119 e. The average Bonchev–Trinajstić information content (AvgIpc) is 2.59. The first-order valence-electron chi connectivity index (χ1n) is 8.01. The third-order valence-electron chi connectivity index (χ3n) is 3.77. The minimum Gasteiger partial charge on any atom is -0.374 e. The molecule has 1 unspecified atom stereocenters. The van der Waals surface area contributed by atoms with Crippen molar-refractivity contribution in [3.05, 3.63) is 71.8 Å². The number of aldehydes is 1. The van der Waals surface area contributed by atoms with Gasteiger partial charge in [-0.2, -0.15) is 0 Å². The fraction of sp³-hybridized carbons (Fsp3) is 0.350. The number of carbonyl (C=O) groups excluding carboxylic acids is 1. The maximum absolute atomic E-state index is 10.5. The summed E-state index contributed by atoms with van der Waals surface area (Å²) in [5.41, 5.74) is 2.54. The van der Waals surface area contributed by atoms with Crippen LogP contribution in [0.25, 0.3) is 0 Å². The Bertz CT molecular complexity index is 478. The number of hydrogen-bond donors (Lipinski definition) is 0. The molecule has 0 bridgehead atoms. The number of aryl methyl sites for hydroxylation is 1. The van der Waals surface area contributed by atoms with Gasteiger partial charge in [0.2, 0.25) is 0 Å². The van der Waals surface area contributed by atoms with Crippen LogP contribution >= 0.6 is 0 Å². The Kier molecular flexibility index (Phi) is 7.40. The van der Waals surface area contributed by atoms with Crippen molar-refractivity contribution < 1.29 is 9.53 Å². The highest BCUT2D eigenvalue weighted by molar-refractivity contribution is 5.48. The van der Waals surface area contributed by atoms with Gasteiger partial charge in [0.25, 0.3) is 0 Å². The summed E-state index contributed by atoms with van der Waals surface area (Å²) in [6.45, 7) is 0.640. The van der Waals surface area contributed by atoms with E-state index in [4.69, 9.17) is 4.74 Å². The standard InChI is InChI=1S/C20H24O2/c21-16-8-7-13-20(15-14-18-9-3-1-4-10-18)22-17-19-11-5-2-6-12-19/h1-6,9-12,16,20H,7-8,13-15,17H2. The highest BCUT2D eigenvalue weighted by atomic mass is 16.5. The molecule has 0 amide bonds. The molecule has 0 fully saturated rings. The Morgan fingerprint density at radius 2 is 1.50 bits per heavy atom. The first kappa shape index (κ1) is 16.4. The van der Waals surface area contributed by atoms with Crippen LogP contribution in [0.3, 0.4) is 0 Å². The molecule has 0 spiro atoms. The molecule has 0 aliphatic carbocycles. The van der Waals surface area contributed by atoms with E-state index in [1.54, 1.807) is 0 Å².